The Balaban J connectivity index is 1.56. The number of benzene rings is 2. The van der Waals surface area contributed by atoms with E-state index in [1.165, 1.54) is 11.8 Å². The SMILES string of the molecule is COc1cccc(C(=N)N(C(=N)SCCCC(=O)N2CCN(C(=O)CC(C)(C)C)C(C)C2)c2ccc(C)cc2)c1. The molecule has 1 aliphatic heterocycles. The smallest absolute Gasteiger partial charge is 0.223 e. The molecule has 0 radical (unpaired) electrons. The number of anilines is 1. The first-order valence-electron chi connectivity index (χ1n) is 13.8. The number of rotatable bonds is 8. The van der Waals surface area contributed by atoms with E-state index in [1.54, 1.807) is 18.1 Å². The topological polar surface area (TPSA) is 101 Å². The van der Waals surface area contributed by atoms with Crippen LogP contribution in [0.4, 0.5) is 5.69 Å². The van der Waals surface area contributed by atoms with Crippen LogP contribution >= 0.6 is 11.8 Å². The van der Waals surface area contributed by atoms with Crippen LogP contribution in [0, 0.1) is 23.2 Å². The lowest BCUT2D eigenvalue weighted by atomic mass is 9.91. The van der Waals surface area contributed by atoms with Crippen LogP contribution in [-0.2, 0) is 9.59 Å². The summed E-state index contributed by atoms with van der Waals surface area (Å²) in [6, 6.07) is 15.0. The van der Waals surface area contributed by atoms with Crippen molar-refractivity contribution in [1.82, 2.24) is 9.80 Å². The summed E-state index contributed by atoms with van der Waals surface area (Å²) >= 11 is 1.33. The Hall–Kier alpha value is -3.33. The molecule has 0 spiro atoms. The molecular formula is C31H43N5O3S. The molecule has 2 aromatic carbocycles. The number of amides is 2. The summed E-state index contributed by atoms with van der Waals surface area (Å²) in [5, 5.41) is 18.0. The van der Waals surface area contributed by atoms with Gasteiger partial charge in [-0.25, -0.2) is 0 Å². The second-order valence-electron chi connectivity index (χ2n) is 11.5. The van der Waals surface area contributed by atoms with Crippen LogP contribution in [-0.4, -0.2) is 71.2 Å². The van der Waals surface area contributed by atoms with Crippen LogP contribution in [0.5, 0.6) is 5.75 Å². The molecule has 2 amide bonds. The fourth-order valence-electron chi connectivity index (χ4n) is 4.67. The summed E-state index contributed by atoms with van der Waals surface area (Å²) in [7, 11) is 1.59. The molecule has 0 aromatic heterocycles. The minimum absolute atomic E-state index is 0.000735. The molecular weight excluding hydrogens is 522 g/mol. The fraction of sp³-hybridized carbons (Fsp3) is 0.484. The molecule has 0 aliphatic carbocycles. The number of ether oxygens (including phenoxy) is 1. The molecule has 0 bridgehead atoms. The Kier molecular flexibility index (Phi) is 10.8. The second kappa shape index (κ2) is 13.8. The molecule has 0 saturated carbocycles. The van der Waals surface area contributed by atoms with Crippen LogP contribution in [0.25, 0.3) is 0 Å². The Morgan fingerprint density at radius 3 is 2.40 bits per heavy atom. The summed E-state index contributed by atoms with van der Waals surface area (Å²) in [5.41, 5.74) is 2.42. The molecule has 1 aliphatic rings. The molecule has 3 rings (SSSR count). The van der Waals surface area contributed by atoms with Gasteiger partial charge < -0.3 is 14.5 Å². The summed E-state index contributed by atoms with van der Waals surface area (Å²) in [6.45, 7) is 11.9. The van der Waals surface area contributed by atoms with Crippen molar-refractivity contribution in [3.63, 3.8) is 0 Å². The van der Waals surface area contributed by atoms with Gasteiger partial charge in [0.05, 0.1) is 7.11 Å². The largest absolute Gasteiger partial charge is 0.497 e. The maximum absolute atomic E-state index is 12.9. The molecule has 8 nitrogen and oxygen atoms in total. The van der Waals surface area contributed by atoms with Gasteiger partial charge in [0.15, 0.2) is 5.17 Å². The minimum Gasteiger partial charge on any atom is -0.497 e. The number of amidine groups is 2. The number of hydrogen-bond donors (Lipinski definition) is 2. The van der Waals surface area contributed by atoms with Crippen LogP contribution in [0.2, 0.25) is 0 Å². The van der Waals surface area contributed by atoms with Crippen molar-refractivity contribution >= 4 is 40.3 Å². The normalized spacial score (nSPS) is 15.5. The van der Waals surface area contributed by atoms with E-state index in [2.05, 4.69) is 20.8 Å². The monoisotopic (exact) mass is 565 g/mol. The number of aryl methyl sites for hydroxylation is 1. The third-order valence-electron chi connectivity index (χ3n) is 6.82. The van der Waals surface area contributed by atoms with Gasteiger partial charge in [-0.15, -0.1) is 0 Å². The summed E-state index contributed by atoms with van der Waals surface area (Å²) in [5.74, 6) is 1.65. The van der Waals surface area contributed by atoms with E-state index in [1.807, 2.05) is 66.1 Å². The highest BCUT2D eigenvalue weighted by Crippen LogP contribution is 2.25. The van der Waals surface area contributed by atoms with Crippen molar-refractivity contribution in [1.29, 1.82) is 10.8 Å². The number of hydrogen-bond acceptors (Lipinski definition) is 6. The van der Waals surface area contributed by atoms with E-state index in [-0.39, 0.29) is 34.3 Å². The van der Waals surface area contributed by atoms with E-state index in [9.17, 15) is 9.59 Å². The fourth-order valence-corrected chi connectivity index (χ4v) is 5.47. The first-order chi connectivity index (χ1) is 18.9. The first-order valence-corrected chi connectivity index (χ1v) is 14.8. The van der Waals surface area contributed by atoms with Gasteiger partial charge in [0.1, 0.15) is 11.6 Å². The maximum Gasteiger partial charge on any atom is 0.223 e. The van der Waals surface area contributed by atoms with Crippen molar-refractivity contribution in [2.75, 3.05) is 37.4 Å². The minimum atomic E-state index is -0.0589. The highest BCUT2D eigenvalue weighted by molar-refractivity contribution is 8.14. The van der Waals surface area contributed by atoms with Crippen molar-refractivity contribution in [3.8, 4) is 5.75 Å². The van der Waals surface area contributed by atoms with Gasteiger partial charge in [-0.3, -0.25) is 25.3 Å². The van der Waals surface area contributed by atoms with E-state index >= 15 is 0 Å². The molecule has 1 atom stereocenters. The molecule has 1 saturated heterocycles. The second-order valence-corrected chi connectivity index (χ2v) is 12.6. The molecule has 9 heteroatoms. The first kappa shape index (κ1) is 31.2. The van der Waals surface area contributed by atoms with Crippen LogP contribution in [0.3, 0.4) is 0 Å². The summed E-state index contributed by atoms with van der Waals surface area (Å²) < 4.78 is 5.33. The van der Waals surface area contributed by atoms with Crippen molar-refractivity contribution in [2.24, 2.45) is 5.41 Å². The molecule has 216 valence electrons. The quantitative estimate of drug-likeness (QED) is 0.240. The highest BCUT2D eigenvalue weighted by atomic mass is 32.2. The zero-order valence-electron chi connectivity index (χ0n) is 24.6. The van der Waals surface area contributed by atoms with Gasteiger partial charge in [-0.05, 0) is 49.9 Å². The maximum atomic E-state index is 12.9. The third-order valence-corrected chi connectivity index (χ3v) is 7.77. The average molecular weight is 566 g/mol. The third kappa shape index (κ3) is 8.58. The van der Waals surface area contributed by atoms with Crippen molar-refractivity contribution in [2.45, 2.75) is 59.9 Å². The predicted octanol–water partition coefficient (Wildman–Crippen LogP) is 5.78. The zero-order valence-corrected chi connectivity index (χ0v) is 25.4. The van der Waals surface area contributed by atoms with Gasteiger partial charge >= 0.3 is 0 Å². The molecule has 40 heavy (non-hydrogen) atoms. The van der Waals surface area contributed by atoms with Crippen LogP contribution in [0.15, 0.2) is 48.5 Å². The van der Waals surface area contributed by atoms with E-state index in [4.69, 9.17) is 15.6 Å². The standard InChI is InChI=1S/C31H43N5O3S/c1-22-12-14-25(15-13-22)36(29(32)24-9-7-10-26(19-24)39-6)30(33)40-18-8-11-27(37)34-16-17-35(23(2)21-34)28(38)20-31(3,4)5/h7,9-10,12-15,19,23,32-33H,8,11,16-18,20-21H2,1-6H3. The van der Waals surface area contributed by atoms with Gasteiger partial charge in [0.2, 0.25) is 11.8 Å². The Morgan fingerprint density at radius 1 is 1.07 bits per heavy atom. The summed E-state index contributed by atoms with van der Waals surface area (Å²) in [4.78, 5) is 31.0. The van der Waals surface area contributed by atoms with E-state index in [0.717, 1.165) is 11.3 Å². The zero-order chi connectivity index (χ0) is 29.4. The number of carbonyl (C=O) groups is 2. The number of carbonyl (C=O) groups excluding carboxylic acids is 2. The number of methoxy groups -OCH3 is 1. The van der Waals surface area contributed by atoms with Gasteiger partial charge in [-0.2, -0.15) is 0 Å². The molecule has 1 fully saturated rings. The van der Waals surface area contributed by atoms with E-state index in [0.29, 0.717) is 56.0 Å². The predicted molar refractivity (Wildman–Crippen MR) is 165 cm³/mol. The number of thioether (sulfide) groups is 1. The average Bonchev–Trinajstić information content (AvgIpc) is 2.91. The van der Waals surface area contributed by atoms with Gasteiger partial charge in [0, 0.05) is 55.5 Å². The number of nitrogens with zero attached hydrogens (tertiary/aromatic N) is 3. The van der Waals surface area contributed by atoms with Gasteiger partial charge in [-0.1, -0.05) is 62.4 Å². The molecule has 1 heterocycles. The Morgan fingerprint density at radius 2 is 1.77 bits per heavy atom. The molecule has 2 aromatic rings. The lowest BCUT2D eigenvalue weighted by molar-refractivity contribution is -0.143. The Labute approximate surface area is 243 Å². The molecule has 1 unspecified atom stereocenters. The van der Waals surface area contributed by atoms with E-state index < -0.39 is 0 Å². The van der Waals surface area contributed by atoms with Gasteiger partial charge in [0.25, 0.3) is 0 Å². The number of nitrogens with one attached hydrogen (secondary N) is 2. The van der Waals surface area contributed by atoms with Crippen LogP contribution in [0.1, 0.15) is 58.1 Å². The lowest BCUT2D eigenvalue weighted by Crippen LogP contribution is -2.55. The highest BCUT2D eigenvalue weighted by Gasteiger charge is 2.31. The number of piperazine rings is 1. The molecule has 2 N–H and O–H groups in total. The summed E-state index contributed by atoms with van der Waals surface area (Å²) in [6.07, 6.45) is 1.52. The lowest BCUT2D eigenvalue weighted by Gasteiger charge is -2.41. The Bertz CT molecular complexity index is 1210. The van der Waals surface area contributed by atoms with Crippen LogP contribution < -0.4 is 9.64 Å². The van der Waals surface area contributed by atoms with Crippen molar-refractivity contribution in [3.05, 3.63) is 59.7 Å². The van der Waals surface area contributed by atoms with Crippen molar-refractivity contribution < 1.29 is 14.3 Å².